The van der Waals surface area contributed by atoms with Crippen molar-refractivity contribution in [2.75, 3.05) is 0 Å². The maximum absolute atomic E-state index is 2.57. The molecule has 0 heterocycles. The van der Waals surface area contributed by atoms with Gasteiger partial charge in [-0.25, -0.2) is 0 Å². The lowest BCUT2D eigenvalue weighted by Gasteiger charge is -2.42. The normalized spacial score (nSPS) is 64.0. The molecule has 0 nitrogen and oxygen atoms in total. The maximum Gasteiger partial charge on any atom is -0.0194 e. The fourth-order valence-corrected chi connectivity index (χ4v) is 6.49. The first kappa shape index (κ1) is 8.55. The lowest BCUT2D eigenvalue weighted by molar-refractivity contribution is 0.0863. The van der Waals surface area contributed by atoms with Crippen molar-refractivity contribution in [1.29, 1.82) is 0 Å². The van der Waals surface area contributed by atoms with E-state index in [9.17, 15) is 0 Å². The Balaban J connectivity index is 1.59. The van der Waals surface area contributed by atoms with E-state index >= 15 is 0 Å². The Morgan fingerprint density at radius 3 is 1.75 bits per heavy atom. The standard InChI is InChI=1S/C16H20/c1-2-4-12-11(3-1)13-8-14(12)16-10-6-5-9(7-10)15(13)16/h1-2,5-6,9-16H,3-4,7-8H2. The fraction of sp³-hybridized carbons (Fsp3) is 0.750. The quantitative estimate of drug-likeness (QED) is 0.424. The van der Waals surface area contributed by atoms with E-state index in [-0.39, 0.29) is 0 Å². The highest BCUT2D eigenvalue weighted by Gasteiger charge is 2.63. The van der Waals surface area contributed by atoms with Crippen molar-refractivity contribution >= 4 is 0 Å². The van der Waals surface area contributed by atoms with Gasteiger partial charge in [0.2, 0.25) is 0 Å². The summed E-state index contributed by atoms with van der Waals surface area (Å²) in [6.45, 7) is 0. The Bertz CT molecular complexity index is 357. The molecule has 0 radical (unpaired) electrons. The molecular formula is C16H20. The second-order valence-electron chi connectivity index (χ2n) is 6.94. The third-order valence-electron chi connectivity index (χ3n) is 6.75. The molecule has 5 rings (SSSR count). The average Bonchev–Trinajstić information content (AvgIpc) is 3.07. The molecule has 0 spiro atoms. The molecule has 0 heteroatoms. The molecule has 3 saturated carbocycles. The van der Waals surface area contributed by atoms with Crippen molar-refractivity contribution in [1.82, 2.24) is 0 Å². The van der Waals surface area contributed by atoms with E-state index in [1.54, 1.807) is 6.42 Å². The topological polar surface area (TPSA) is 0 Å². The molecule has 0 aromatic heterocycles. The molecule has 16 heavy (non-hydrogen) atoms. The SMILES string of the molecule is C1=CCC2C(C1)C1CC2C2C3C=CC(C3)C12. The van der Waals surface area contributed by atoms with Crippen LogP contribution in [0.3, 0.4) is 0 Å². The van der Waals surface area contributed by atoms with Crippen LogP contribution in [-0.2, 0) is 0 Å². The van der Waals surface area contributed by atoms with Crippen LogP contribution in [0, 0.1) is 47.3 Å². The van der Waals surface area contributed by atoms with Gasteiger partial charge in [-0.1, -0.05) is 24.3 Å². The van der Waals surface area contributed by atoms with Crippen LogP contribution in [0.1, 0.15) is 25.7 Å². The zero-order valence-corrected chi connectivity index (χ0v) is 9.76. The Morgan fingerprint density at radius 2 is 1.19 bits per heavy atom. The molecule has 84 valence electrons. The van der Waals surface area contributed by atoms with E-state index in [1.165, 1.54) is 19.3 Å². The number of hydrogen-bond acceptors (Lipinski definition) is 0. The molecule has 0 saturated heterocycles. The second-order valence-corrected chi connectivity index (χ2v) is 6.94. The Hall–Kier alpha value is -0.520. The molecule has 3 fully saturated rings. The number of hydrogen-bond donors (Lipinski definition) is 0. The van der Waals surface area contributed by atoms with Gasteiger partial charge in [-0.05, 0) is 73.0 Å². The first-order valence-electron chi connectivity index (χ1n) is 7.27. The predicted molar refractivity (Wildman–Crippen MR) is 64.7 cm³/mol. The van der Waals surface area contributed by atoms with Crippen LogP contribution in [0.4, 0.5) is 0 Å². The van der Waals surface area contributed by atoms with Crippen LogP contribution in [0.25, 0.3) is 0 Å². The number of allylic oxidation sites excluding steroid dienone is 4. The summed E-state index contributed by atoms with van der Waals surface area (Å²) in [6, 6.07) is 0. The van der Waals surface area contributed by atoms with Crippen molar-refractivity contribution in [3.8, 4) is 0 Å². The molecule has 4 bridgehead atoms. The summed E-state index contributed by atoms with van der Waals surface area (Å²) in [5.41, 5.74) is 0. The largest absolute Gasteiger partial charge is 0.0882 e. The Morgan fingerprint density at radius 1 is 0.625 bits per heavy atom. The van der Waals surface area contributed by atoms with Crippen LogP contribution >= 0.6 is 0 Å². The Kier molecular flexibility index (Phi) is 1.42. The molecule has 8 unspecified atom stereocenters. The van der Waals surface area contributed by atoms with Crippen molar-refractivity contribution in [3.05, 3.63) is 24.3 Å². The second kappa shape index (κ2) is 2.66. The van der Waals surface area contributed by atoms with Gasteiger partial charge in [0.1, 0.15) is 0 Å². The van der Waals surface area contributed by atoms with E-state index in [1.807, 2.05) is 0 Å². The van der Waals surface area contributed by atoms with Gasteiger partial charge < -0.3 is 0 Å². The van der Waals surface area contributed by atoms with Crippen LogP contribution in [0.5, 0.6) is 0 Å². The van der Waals surface area contributed by atoms with Gasteiger partial charge >= 0.3 is 0 Å². The fourth-order valence-electron chi connectivity index (χ4n) is 6.49. The van der Waals surface area contributed by atoms with Gasteiger partial charge in [0.05, 0.1) is 0 Å². The third-order valence-corrected chi connectivity index (χ3v) is 6.75. The summed E-state index contributed by atoms with van der Waals surface area (Å²) >= 11 is 0. The number of rotatable bonds is 0. The van der Waals surface area contributed by atoms with Crippen LogP contribution in [0.15, 0.2) is 24.3 Å². The molecule has 0 amide bonds. The van der Waals surface area contributed by atoms with Crippen molar-refractivity contribution in [2.24, 2.45) is 47.3 Å². The Labute approximate surface area is 97.8 Å². The molecule has 0 aromatic rings. The average molecular weight is 212 g/mol. The lowest BCUT2D eigenvalue weighted by atomic mass is 9.62. The molecule has 8 atom stereocenters. The van der Waals surface area contributed by atoms with E-state index < -0.39 is 0 Å². The first-order valence-corrected chi connectivity index (χ1v) is 7.27. The summed E-state index contributed by atoms with van der Waals surface area (Å²) < 4.78 is 0. The first-order chi connectivity index (χ1) is 7.93. The zero-order valence-electron chi connectivity index (χ0n) is 9.76. The molecule has 0 aromatic carbocycles. The van der Waals surface area contributed by atoms with E-state index in [4.69, 9.17) is 0 Å². The van der Waals surface area contributed by atoms with E-state index in [2.05, 4.69) is 24.3 Å². The van der Waals surface area contributed by atoms with Crippen LogP contribution < -0.4 is 0 Å². The van der Waals surface area contributed by atoms with Crippen molar-refractivity contribution in [2.45, 2.75) is 25.7 Å². The summed E-state index contributed by atoms with van der Waals surface area (Å²) in [7, 11) is 0. The highest BCUT2D eigenvalue weighted by Crippen LogP contribution is 2.70. The maximum atomic E-state index is 2.57. The van der Waals surface area contributed by atoms with Gasteiger partial charge in [0, 0.05) is 0 Å². The summed E-state index contributed by atoms with van der Waals surface area (Å²) in [4.78, 5) is 0. The summed E-state index contributed by atoms with van der Waals surface area (Å²) in [6.07, 6.45) is 16.0. The smallest absolute Gasteiger partial charge is 0.0194 e. The summed E-state index contributed by atoms with van der Waals surface area (Å²) in [5.74, 6) is 8.64. The van der Waals surface area contributed by atoms with Gasteiger partial charge in [0.25, 0.3) is 0 Å². The third kappa shape index (κ3) is 0.792. The minimum Gasteiger partial charge on any atom is -0.0882 e. The highest BCUT2D eigenvalue weighted by molar-refractivity contribution is 5.23. The summed E-state index contributed by atoms with van der Waals surface area (Å²) in [5, 5.41) is 0. The molecule has 5 aliphatic carbocycles. The molecular weight excluding hydrogens is 192 g/mol. The zero-order chi connectivity index (χ0) is 10.3. The number of fused-ring (bicyclic) bond motifs is 12. The van der Waals surface area contributed by atoms with Gasteiger partial charge in [-0.2, -0.15) is 0 Å². The van der Waals surface area contributed by atoms with Crippen LogP contribution in [-0.4, -0.2) is 0 Å². The predicted octanol–water partition coefficient (Wildman–Crippen LogP) is 3.66. The minimum atomic E-state index is 0.997. The van der Waals surface area contributed by atoms with Crippen molar-refractivity contribution in [3.63, 3.8) is 0 Å². The molecule has 5 aliphatic rings. The monoisotopic (exact) mass is 212 g/mol. The van der Waals surface area contributed by atoms with E-state index in [0.29, 0.717) is 0 Å². The van der Waals surface area contributed by atoms with Gasteiger partial charge in [0.15, 0.2) is 0 Å². The van der Waals surface area contributed by atoms with Gasteiger partial charge in [-0.3, -0.25) is 0 Å². The molecule has 0 N–H and O–H groups in total. The minimum absolute atomic E-state index is 0.997. The highest BCUT2D eigenvalue weighted by atomic mass is 14.7. The van der Waals surface area contributed by atoms with E-state index in [0.717, 1.165) is 47.3 Å². The van der Waals surface area contributed by atoms with Gasteiger partial charge in [-0.15, -0.1) is 0 Å². The molecule has 0 aliphatic heterocycles. The van der Waals surface area contributed by atoms with Crippen LogP contribution in [0.2, 0.25) is 0 Å². The van der Waals surface area contributed by atoms with Crippen molar-refractivity contribution < 1.29 is 0 Å². The lowest BCUT2D eigenvalue weighted by Crippen LogP contribution is -2.37.